The van der Waals surface area contributed by atoms with Gasteiger partial charge in [-0.25, -0.2) is 0 Å². The Hall–Kier alpha value is -2.62. The number of phenolic OH excluding ortho intramolecular Hbond substituents is 1. The predicted octanol–water partition coefficient (Wildman–Crippen LogP) is 3.68. The van der Waals surface area contributed by atoms with Crippen molar-refractivity contribution in [1.29, 1.82) is 0 Å². The molecule has 0 aromatic heterocycles. The van der Waals surface area contributed by atoms with E-state index in [-0.39, 0.29) is 48.4 Å². The zero-order chi connectivity index (χ0) is 28.4. The minimum absolute atomic E-state index is 0.0167. The first-order valence-electron chi connectivity index (χ1n) is 12.8. The van der Waals surface area contributed by atoms with Crippen molar-refractivity contribution >= 4 is 64.4 Å². The third-order valence-corrected chi connectivity index (χ3v) is 10.4. The van der Waals surface area contributed by atoms with Gasteiger partial charge in [-0.2, -0.15) is 0 Å². The highest BCUT2D eigenvalue weighted by molar-refractivity contribution is 6.53. The summed E-state index contributed by atoms with van der Waals surface area (Å²) in [5, 5.41) is 18.9. The summed E-state index contributed by atoms with van der Waals surface area (Å²) in [6.45, 7) is 0.172. The fourth-order valence-electron chi connectivity index (χ4n) is 6.85. The molecule has 2 saturated heterocycles. The minimum atomic E-state index is -1.94. The first-order valence-corrected chi connectivity index (χ1v) is 13.9. The molecule has 0 bridgehead atoms. The normalized spacial score (nSPS) is 33.7. The molecule has 208 valence electrons. The van der Waals surface area contributed by atoms with Gasteiger partial charge in [-0.3, -0.25) is 33.8 Å². The maximum Gasteiger partial charge on any atom is 0.303 e. The topological polar surface area (TPSA) is 132 Å². The van der Waals surface area contributed by atoms with E-state index in [0.717, 1.165) is 4.90 Å². The van der Waals surface area contributed by atoms with Gasteiger partial charge in [0.05, 0.1) is 11.8 Å². The van der Waals surface area contributed by atoms with Gasteiger partial charge < -0.3 is 10.2 Å². The van der Waals surface area contributed by atoms with Gasteiger partial charge >= 0.3 is 5.97 Å². The van der Waals surface area contributed by atoms with E-state index in [4.69, 9.17) is 39.9 Å². The zero-order valence-electron chi connectivity index (χ0n) is 21.0. The summed E-state index contributed by atoms with van der Waals surface area (Å²) in [5.41, 5.74) is 1.00. The van der Waals surface area contributed by atoms with E-state index in [1.807, 2.05) is 6.08 Å². The molecule has 3 fully saturated rings. The van der Waals surface area contributed by atoms with E-state index >= 15 is 0 Å². The second kappa shape index (κ2) is 9.78. The molecule has 2 aliphatic heterocycles. The second-order valence-corrected chi connectivity index (χ2v) is 12.4. The number of unbranched alkanes of at least 4 members (excludes halogenated alkanes) is 2. The Kier molecular flexibility index (Phi) is 7.01. The number of carboxylic acid groups (broad SMARTS) is 1. The molecule has 0 radical (unpaired) electrons. The number of alkyl halides is 2. The summed E-state index contributed by atoms with van der Waals surface area (Å²) in [6.07, 6.45) is 3.43. The largest absolute Gasteiger partial charge is 0.508 e. The molecule has 5 rings (SSSR count). The van der Waals surface area contributed by atoms with E-state index in [1.54, 1.807) is 0 Å². The van der Waals surface area contributed by atoms with Crippen molar-refractivity contribution < 1.29 is 34.2 Å². The fourth-order valence-corrected chi connectivity index (χ4v) is 8.14. The first-order chi connectivity index (χ1) is 18.3. The average molecular weight is 598 g/mol. The van der Waals surface area contributed by atoms with E-state index in [0.29, 0.717) is 30.4 Å². The number of allylic oxidation sites excluding steroid dienone is 2. The van der Waals surface area contributed by atoms with Crippen LogP contribution >= 0.6 is 34.8 Å². The molecular weight excluding hydrogens is 571 g/mol. The van der Waals surface area contributed by atoms with Crippen molar-refractivity contribution in [2.24, 2.45) is 17.8 Å². The number of aliphatic carboxylic acids is 1. The van der Waals surface area contributed by atoms with Crippen molar-refractivity contribution in [3.63, 3.8) is 0 Å². The van der Waals surface area contributed by atoms with Gasteiger partial charge in [0, 0.05) is 31.0 Å². The van der Waals surface area contributed by atoms with Gasteiger partial charge in [0.1, 0.15) is 5.75 Å². The number of carboxylic acids is 1. The lowest BCUT2D eigenvalue weighted by atomic mass is 9.56. The molecule has 9 nitrogen and oxygen atoms in total. The molecule has 0 spiro atoms. The number of carbonyl (C=O) groups is 5. The number of likely N-dealkylation sites (tertiary alicyclic amines) is 2. The van der Waals surface area contributed by atoms with Crippen LogP contribution in [0.25, 0.3) is 0 Å². The number of benzene rings is 1. The van der Waals surface area contributed by atoms with E-state index in [1.165, 1.54) is 30.1 Å². The number of halogens is 3. The van der Waals surface area contributed by atoms with Gasteiger partial charge in [-0.05, 0) is 49.3 Å². The Balaban J connectivity index is 1.54. The van der Waals surface area contributed by atoms with Crippen LogP contribution in [0.2, 0.25) is 5.02 Å². The summed E-state index contributed by atoms with van der Waals surface area (Å²) in [7, 11) is 1.31. The van der Waals surface area contributed by atoms with Crippen molar-refractivity contribution in [3.05, 3.63) is 40.4 Å². The Bertz CT molecular complexity index is 1330. The predicted molar refractivity (Wildman–Crippen MR) is 141 cm³/mol. The number of amides is 4. The maximum atomic E-state index is 13.7. The van der Waals surface area contributed by atoms with Crippen LogP contribution in [0, 0.1) is 17.8 Å². The van der Waals surface area contributed by atoms with Gasteiger partial charge in [0.2, 0.25) is 11.8 Å². The molecule has 1 aromatic carbocycles. The number of imide groups is 2. The highest BCUT2D eigenvalue weighted by Crippen LogP contribution is 2.65. The van der Waals surface area contributed by atoms with Crippen LogP contribution < -0.4 is 0 Å². The quantitative estimate of drug-likeness (QED) is 0.212. The number of phenols is 1. The number of aromatic hydroxyl groups is 1. The summed E-state index contributed by atoms with van der Waals surface area (Å²) in [5.74, 6) is -6.13. The third kappa shape index (κ3) is 3.99. The molecule has 2 N–H and O–H groups in total. The monoisotopic (exact) mass is 596 g/mol. The highest BCUT2D eigenvalue weighted by atomic mass is 35.5. The molecular formula is C27H27Cl3N2O7. The second-order valence-electron chi connectivity index (χ2n) is 10.7. The number of fused-ring (bicyclic) bond motifs is 4. The van der Waals surface area contributed by atoms with Gasteiger partial charge in [-0.15, -0.1) is 23.2 Å². The summed E-state index contributed by atoms with van der Waals surface area (Å²) in [4.78, 5) is 63.0. The van der Waals surface area contributed by atoms with Gasteiger partial charge in [0.25, 0.3) is 11.8 Å². The van der Waals surface area contributed by atoms with Crippen molar-refractivity contribution in [1.82, 2.24) is 9.80 Å². The smallest absolute Gasteiger partial charge is 0.303 e. The summed E-state index contributed by atoms with van der Waals surface area (Å²) in [6, 6.07) is 4.23. The van der Waals surface area contributed by atoms with Crippen LogP contribution in [0.4, 0.5) is 0 Å². The SMILES string of the molecule is CN1C(=O)C2(Cl)CC3C(=CCC4C(=O)N(CCCCCC(=O)O)C(=O)C43)C(c3ccc(O)cc3Cl)C2(Cl)C1=O. The zero-order valence-corrected chi connectivity index (χ0v) is 23.3. The molecule has 4 amide bonds. The molecule has 1 aromatic rings. The van der Waals surface area contributed by atoms with Crippen LogP contribution in [0.1, 0.15) is 50.0 Å². The van der Waals surface area contributed by atoms with Gasteiger partial charge in [0.15, 0.2) is 9.75 Å². The van der Waals surface area contributed by atoms with Crippen LogP contribution in [-0.2, 0) is 24.0 Å². The molecule has 1 saturated carbocycles. The molecule has 6 unspecified atom stereocenters. The molecule has 12 heteroatoms. The van der Waals surface area contributed by atoms with Crippen LogP contribution in [-0.4, -0.2) is 73.0 Å². The lowest BCUT2D eigenvalue weighted by molar-refractivity contribution is -0.141. The van der Waals surface area contributed by atoms with Crippen LogP contribution in [0.15, 0.2) is 29.8 Å². The van der Waals surface area contributed by atoms with E-state index in [2.05, 4.69) is 0 Å². The van der Waals surface area contributed by atoms with Gasteiger partial charge in [-0.1, -0.05) is 35.7 Å². The van der Waals surface area contributed by atoms with Crippen molar-refractivity contribution in [3.8, 4) is 5.75 Å². The lowest BCUT2D eigenvalue weighted by Gasteiger charge is -2.51. The summed E-state index contributed by atoms with van der Waals surface area (Å²) >= 11 is 20.7. The molecule has 2 heterocycles. The highest BCUT2D eigenvalue weighted by Gasteiger charge is 2.76. The van der Waals surface area contributed by atoms with Crippen molar-refractivity contribution in [2.75, 3.05) is 13.6 Å². The van der Waals surface area contributed by atoms with Crippen LogP contribution in [0.3, 0.4) is 0 Å². The number of hydrogen-bond donors (Lipinski definition) is 2. The Morgan fingerprint density at radius 1 is 1.05 bits per heavy atom. The Morgan fingerprint density at radius 2 is 1.77 bits per heavy atom. The molecule has 39 heavy (non-hydrogen) atoms. The number of hydrogen-bond acceptors (Lipinski definition) is 6. The third-order valence-electron chi connectivity index (χ3n) is 8.67. The van der Waals surface area contributed by atoms with Crippen molar-refractivity contribution in [2.45, 2.75) is 54.2 Å². The fraction of sp³-hybridized carbons (Fsp3) is 0.519. The van der Waals surface area contributed by atoms with E-state index in [9.17, 15) is 29.1 Å². The Morgan fingerprint density at radius 3 is 2.44 bits per heavy atom. The molecule has 6 atom stereocenters. The standard InChI is InChI=1S/C27H27Cl3N2O7/c1-31-24(38)26(29)12-17-14(21(27(26,30)25(31)39)15-7-6-13(33)11-18(15)28)8-9-16-20(17)23(37)32(22(16)36)10-4-2-3-5-19(34)35/h6-8,11,16-17,20-21,33H,2-5,9-10,12H2,1H3,(H,34,35). The minimum Gasteiger partial charge on any atom is -0.508 e. The molecule has 2 aliphatic carbocycles. The summed E-state index contributed by atoms with van der Waals surface area (Å²) < 4.78 is 0. The number of nitrogens with zero attached hydrogens (tertiary/aromatic N) is 2. The maximum absolute atomic E-state index is 13.7. The lowest BCUT2D eigenvalue weighted by Crippen LogP contribution is -2.60. The molecule has 4 aliphatic rings. The number of rotatable bonds is 7. The number of carbonyl (C=O) groups excluding carboxylic acids is 4. The first kappa shape index (κ1) is 27.9. The Labute approximate surface area is 239 Å². The van der Waals surface area contributed by atoms with Crippen LogP contribution in [0.5, 0.6) is 5.75 Å². The van der Waals surface area contributed by atoms with E-state index < -0.39 is 51.2 Å². The average Bonchev–Trinajstić information content (AvgIpc) is 3.19.